The summed E-state index contributed by atoms with van der Waals surface area (Å²) >= 11 is 5.14. The van der Waals surface area contributed by atoms with E-state index in [-0.39, 0.29) is 0 Å². The minimum atomic E-state index is 0.733. The quantitative estimate of drug-likeness (QED) is 0.913. The molecule has 2 N–H and O–H groups in total. The third kappa shape index (κ3) is 2.57. The van der Waals surface area contributed by atoms with E-state index in [4.69, 9.17) is 5.73 Å². The van der Waals surface area contributed by atoms with Crippen LogP contribution in [-0.2, 0) is 0 Å². The molecule has 1 aromatic heterocycles. The van der Waals surface area contributed by atoms with Gasteiger partial charge >= 0.3 is 0 Å². The van der Waals surface area contributed by atoms with Gasteiger partial charge in [0.2, 0.25) is 0 Å². The van der Waals surface area contributed by atoms with Gasteiger partial charge in [-0.3, -0.25) is 0 Å². The highest BCUT2D eigenvalue weighted by molar-refractivity contribution is 9.10. The van der Waals surface area contributed by atoms with Crippen molar-refractivity contribution in [3.05, 3.63) is 46.6 Å². The van der Waals surface area contributed by atoms with E-state index in [1.54, 1.807) is 11.8 Å². The molecule has 1 aromatic carbocycles. The average molecular weight is 295 g/mol. The topological polar surface area (TPSA) is 38.9 Å². The summed E-state index contributed by atoms with van der Waals surface area (Å²) in [6.45, 7) is 1.92. The van der Waals surface area contributed by atoms with Crippen molar-refractivity contribution in [3.63, 3.8) is 0 Å². The zero-order chi connectivity index (χ0) is 11.5. The molecule has 2 nitrogen and oxygen atoms in total. The zero-order valence-corrected chi connectivity index (χ0v) is 11.2. The molecule has 0 aliphatic carbocycles. The molecule has 0 saturated carbocycles. The number of nitrogen functional groups attached to an aromatic ring is 1. The molecule has 0 spiro atoms. The van der Waals surface area contributed by atoms with E-state index >= 15 is 0 Å². The van der Waals surface area contributed by atoms with Crippen molar-refractivity contribution in [1.29, 1.82) is 0 Å². The highest BCUT2D eigenvalue weighted by atomic mass is 79.9. The number of rotatable bonds is 2. The van der Waals surface area contributed by atoms with Crippen LogP contribution >= 0.6 is 27.7 Å². The summed E-state index contributed by atoms with van der Waals surface area (Å²) in [7, 11) is 0. The number of anilines is 1. The number of pyridine rings is 1. The van der Waals surface area contributed by atoms with E-state index in [0.717, 1.165) is 25.8 Å². The highest BCUT2D eigenvalue weighted by Gasteiger charge is 2.03. The van der Waals surface area contributed by atoms with Gasteiger partial charge < -0.3 is 5.73 Å². The van der Waals surface area contributed by atoms with Crippen molar-refractivity contribution in [3.8, 4) is 0 Å². The summed E-state index contributed by atoms with van der Waals surface area (Å²) < 4.78 is 1.08. The molecule has 0 unspecified atom stereocenters. The van der Waals surface area contributed by atoms with Gasteiger partial charge in [-0.1, -0.05) is 23.9 Å². The predicted molar refractivity (Wildman–Crippen MR) is 71.7 cm³/mol. The summed E-state index contributed by atoms with van der Waals surface area (Å²) in [6.07, 6.45) is 0. The van der Waals surface area contributed by atoms with Gasteiger partial charge in [-0.25, -0.2) is 4.98 Å². The molecule has 4 heteroatoms. The number of aryl methyl sites for hydroxylation is 1. The van der Waals surface area contributed by atoms with Crippen molar-refractivity contribution >= 4 is 33.4 Å². The van der Waals surface area contributed by atoms with Gasteiger partial charge in [-0.2, -0.15) is 0 Å². The Morgan fingerprint density at radius 1 is 1.19 bits per heavy atom. The van der Waals surface area contributed by atoms with Crippen LogP contribution < -0.4 is 5.73 Å². The first-order valence-electron chi connectivity index (χ1n) is 4.82. The number of nitrogens with zero attached hydrogens (tertiary/aromatic N) is 1. The molecular formula is C12H11BrN2S. The van der Waals surface area contributed by atoms with Gasteiger partial charge in [0, 0.05) is 9.37 Å². The molecule has 16 heavy (non-hydrogen) atoms. The van der Waals surface area contributed by atoms with Crippen LogP contribution in [0.25, 0.3) is 0 Å². The Labute approximate surface area is 107 Å². The lowest BCUT2D eigenvalue weighted by atomic mass is 10.3. The van der Waals surface area contributed by atoms with Crippen LogP contribution in [0.3, 0.4) is 0 Å². The van der Waals surface area contributed by atoms with Crippen LogP contribution in [0.5, 0.6) is 0 Å². The third-order valence-electron chi connectivity index (χ3n) is 2.15. The molecule has 2 aromatic rings. The smallest absolute Gasteiger partial charge is 0.101 e. The molecule has 0 amide bonds. The number of hydrogen-bond acceptors (Lipinski definition) is 3. The molecule has 2 rings (SSSR count). The van der Waals surface area contributed by atoms with Gasteiger partial charge in [0.1, 0.15) is 5.03 Å². The van der Waals surface area contributed by atoms with E-state index in [0.29, 0.717) is 0 Å². The minimum Gasteiger partial charge on any atom is -0.397 e. The second kappa shape index (κ2) is 4.89. The molecule has 0 bridgehead atoms. The molecule has 0 saturated heterocycles. The SMILES string of the molecule is Cc1nc(Sc2ccccc2Br)ccc1N. The first-order chi connectivity index (χ1) is 7.66. The van der Waals surface area contributed by atoms with Crippen molar-refractivity contribution in [2.45, 2.75) is 16.8 Å². The number of aromatic nitrogens is 1. The molecule has 0 radical (unpaired) electrons. The lowest BCUT2D eigenvalue weighted by molar-refractivity contribution is 1.07. The van der Waals surface area contributed by atoms with Crippen LogP contribution in [0.4, 0.5) is 5.69 Å². The first-order valence-corrected chi connectivity index (χ1v) is 6.43. The van der Waals surface area contributed by atoms with Gasteiger partial charge in [0.25, 0.3) is 0 Å². The maximum Gasteiger partial charge on any atom is 0.101 e. The lowest BCUT2D eigenvalue weighted by Gasteiger charge is -2.05. The monoisotopic (exact) mass is 294 g/mol. The van der Waals surface area contributed by atoms with E-state index in [1.165, 1.54) is 0 Å². The zero-order valence-electron chi connectivity index (χ0n) is 8.77. The Morgan fingerprint density at radius 3 is 2.62 bits per heavy atom. The number of halogens is 1. The molecular weight excluding hydrogens is 284 g/mol. The minimum absolute atomic E-state index is 0.733. The molecule has 0 aliphatic heterocycles. The Morgan fingerprint density at radius 2 is 1.94 bits per heavy atom. The second-order valence-corrected chi connectivity index (χ2v) is 5.27. The Bertz CT molecular complexity index is 514. The fraction of sp³-hybridized carbons (Fsp3) is 0.0833. The fourth-order valence-corrected chi connectivity index (χ4v) is 2.63. The first kappa shape index (κ1) is 11.5. The van der Waals surface area contributed by atoms with E-state index < -0.39 is 0 Å². The Balaban J connectivity index is 2.28. The maximum atomic E-state index is 5.73. The van der Waals surface area contributed by atoms with Crippen molar-refractivity contribution < 1.29 is 0 Å². The summed E-state index contributed by atoms with van der Waals surface area (Å²) in [4.78, 5) is 5.58. The van der Waals surface area contributed by atoms with Crippen LogP contribution in [0.2, 0.25) is 0 Å². The molecule has 82 valence electrons. The fourth-order valence-electron chi connectivity index (χ4n) is 1.25. The van der Waals surface area contributed by atoms with Crippen molar-refractivity contribution in [1.82, 2.24) is 4.98 Å². The molecule has 0 fully saturated rings. The number of nitrogens with two attached hydrogens (primary N) is 1. The summed E-state index contributed by atoms with van der Waals surface area (Å²) in [5, 5.41) is 0.957. The van der Waals surface area contributed by atoms with Gasteiger partial charge in [0.05, 0.1) is 11.4 Å². The lowest BCUT2D eigenvalue weighted by Crippen LogP contribution is -1.93. The van der Waals surface area contributed by atoms with Crippen molar-refractivity contribution in [2.75, 3.05) is 5.73 Å². The normalized spacial score (nSPS) is 10.4. The third-order valence-corrected chi connectivity index (χ3v) is 4.12. The second-order valence-electron chi connectivity index (χ2n) is 3.36. The Kier molecular flexibility index (Phi) is 3.51. The molecule has 1 heterocycles. The average Bonchev–Trinajstić information content (AvgIpc) is 2.27. The van der Waals surface area contributed by atoms with Crippen LogP contribution in [0.1, 0.15) is 5.69 Å². The van der Waals surface area contributed by atoms with Crippen molar-refractivity contribution in [2.24, 2.45) is 0 Å². The largest absolute Gasteiger partial charge is 0.397 e. The summed E-state index contributed by atoms with van der Waals surface area (Å²) in [5.41, 5.74) is 7.34. The number of benzene rings is 1. The number of hydrogen-bond donors (Lipinski definition) is 1. The maximum absolute atomic E-state index is 5.73. The van der Waals surface area contributed by atoms with Gasteiger partial charge in [0.15, 0.2) is 0 Å². The van der Waals surface area contributed by atoms with Gasteiger partial charge in [-0.05, 0) is 47.1 Å². The van der Waals surface area contributed by atoms with E-state index in [9.17, 15) is 0 Å². The van der Waals surface area contributed by atoms with Crippen LogP contribution in [0.15, 0.2) is 50.8 Å². The van der Waals surface area contributed by atoms with E-state index in [2.05, 4.69) is 27.0 Å². The summed E-state index contributed by atoms with van der Waals surface area (Å²) in [5.74, 6) is 0. The van der Waals surface area contributed by atoms with Crippen LogP contribution in [0, 0.1) is 6.92 Å². The predicted octanol–water partition coefficient (Wildman–Crippen LogP) is 3.89. The van der Waals surface area contributed by atoms with Gasteiger partial charge in [-0.15, -0.1) is 0 Å². The van der Waals surface area contributed by atoms with Crippen LogP contribution in [-0.4, -0.2) is 4.98 Å². The highest BCUT2D eigenvalue weighted by Crippen LogP contribution is 2.32. The standard InChI is InChI=1S/C12H11BrN2S/c1-8-10(14)6-7-12(15-8)16-11-5-3-2-4-9(11)13/h2-7H,14H2,1H3. The molecule has 0 aliphatic rings. The molecule has 0 atom stereocenters. The van der Waals surface area contributed by atoms with E-state index in [1.807, 2.05) is 37.3 Å². The summed E-state index contributed by atoms with van der Waals surface area (Å²) in [6, 6.07) is 11.9. The Hall–Kier alpha value is -1.00.